The molecule has 1 aromatic carbocycles. The van der Waals surface area contributed by atoms with Crippen LogP contribution in [0, 0.1) is 0 Å². The molecular weight excluding hydrogens is 386 g/mol. The molecule has 3 N–H and O–H groups in total. The normalized spacial score (nSPS) is 14.7. The number of nitrogens with two attached hydrogens (primary N) is 1. The summed E-state index contributed by atoms with van der Waals surface area (Å²) in [5.41, 5.74) is 5.80. The van der Waals surface area contributed by atoms with Crippen molar-refractivity contribution in [1.82, 2.24) is 14.7 Å². The standard InChI is InChI=1S/C17H21N5O5S/c1-26-15-3-2-13(10-14(15)16(18)23)28(24,25)20-11-12-4-5-19-17(21-12)22-6-8-27-9-7-22/h2-5,10,20H,6-9,11H2,1H3,(H2,18,23). The topological polar surface area (TPSA) is 137 Å². The van der Waals surface area contributed by atoms with E-state index < -0.39 is 15.9 Å². The number of benzene rings is 1. The number of sulfonamides is 1. The highest BCUT2D eigenvalue weighted by Gasteiger charge is 2.19. The number of carbonyl (C=O) groups is 1. The minimum Gasteiger partial charge on any atom is -0.496 e. The van der Waals surface area contributed by atoms with Gasteiger partial charge in [0.25, 0.3) is 5.91 Å². The van der Waals surface area contributed by atoms with Crippen molar-refractivity contribution < 1.29 is 22.7 Å². The number of methoxy groups -OCH3 is 1. The minimum atomic E-state index is -3.88. The Morgan fingerprint density at radius 1 is 1.32 bits per heavy atom. The Bertz CT molecular complexity index is 960. The van der Waals surface area contributed by atoms with Gasteiger partial charge in [0.15, 0.2) is 0 Å². The maximum absolute atomic E-state index is 12.6. The maximum atomic E-state index is 12.6. The highest BCUT2D eigenvalue weighted by molar-refractivity contribution is 7.89. The van der Waals surface area contributed by atoms with Crippen LogP contribution in [0.1, 0.15) is 16.1 Å². The molecule has 0 bridgehead atoms. The van der Waals surface area contributed by atoms with Gasteiger partial charge in [-0.3, -0.25) is 4.79 Å². The van der Waals surface area contributed by atoms with Gasteiger partial charge in [0.05, 0.1) is 43.0 Å². The molecule has 3 rings (SSSR count). The number of anilines is 1. The zero-order valence-corrected chi connectivity index (χ0v) is 16.1. The molecule has 2 heterocycles. The summed E-state index contributed by atoms with van der Waals surface area (Å²) >= 11 is 0. The Balaban J connectivity index is 1.75. The number of hydrogen-bond donors (Lipinski definition) is 2. The number of ether oxygens (including phenoxy) is 2. The Morgan fingerprint density at radius 2 is 2.07 bits per heavy atom. The van der Waals surface area contributed by atoms with E-state index in [0.29, 0.717) is 37.9 Å². The summed E-state index contributed by atoms with van der Waals surface area (Å²) < 4.78 is 38.0. The number of morpholine rings is 1. The van der Waals surface area contributed by atoms with E-state index in [1.807, 2.05) is 4.90 Å². The number of carbonyl (C=O) groups excluding carboxylic acids is 1. The highest BCUT2D eigenvalue weighted by atomic mass is 32.2. The fourth-order valence-electron chi connectivity index (χ4n) is 2.70. The van der Waals surface area contributed by atoms with E-state index in [9.17, 15) is 13.2 Å². The Hall–Kier alpha value is -2.76. The molecule has 0 atom stereocenters. The molecule has 1 saturated heterocycles. The summed E-state index contributed by atoms with van der Waals surface area (Å²) in [5.74, 6) is -0.0438. The first-order chi connectivity index (χ1) is 13.4. The molecule has 1 amide bonds. The predicted octanol–water partition coefficient (Wildman–Crippen LogP) is -0.101. The largest absolute Gasteiger partial charge is 0.496 e. The minimum absolute atomic E-state index is 0.0120. The number of hydrogen-bond acceptors (Lipinski definition) is 8. The molecule has 28 heavy (non-hydrogen) atoms. The maximum Gasteiger partial charge on any atom is 0.252 e. The lowest BCUT2D eigenvalue weighted by molar-refractivity contribution is 0.0997. The molecular formula is C17H21N5O5S. The van der Waals surface area contributed by atoms with Crippen LogP contribution in [0.15, 0.2) is 35.4 Å². The van der Waals surface area contributed by atoms with Crippen LogP contribution < -0.4 is 20.1 Å². The van der Waals surface area contributed by atoms with E-state index in [2.05, 4.69) is 14.7 Å². The van der Waals surface area contributed by atoms with Crippen LogP contribution in [-0.2, 0) is 21.3 Å². The highest BCUT2D eigenvalue weighted by Crippen LogP contribution is 2.22. The molecule has 10 nitrogen and oxygen atoms in total. The van der Waals surface area contributed by atoms with Gasteiger partial charge in [0.2, 0.25) is 16.0 Å². The Kier molecular flexibility index (Phi) is 6.07. The van der Waals surface area contributed by atoms with Crippen molar-refractivity contribution in [1.29, 1.82) is 0 Å². The lowest BCUT2D eigenvalue weighted by Gasteiger charge is -2.26. The second kappa shape index (κ2) is 8.50. The van der Waals surface area contributed by atoms with Crippen molar-refractivity contribution in [2.24, 2.45) is 5.73 Å². The lowest BCUT2D eigenvalue weighted by atomic mass is 10.2. The molecule has 150 valence electrons. The third-order valence-corrected chi connectivity index (χ3v) is 5.58. The molecule has 1 aromatic heterocycles. The van der Waals surface area contributed by atoms with Crippen LogP contribution >= 0.6 is 0 Å². The SMILES string of the molecule is COc1ccc(S(=O)(=O)NCc2ccnc(N3CCOCC3)n2)cc1C(N)=O. The van der Waals surface area contributed by atoms with Crippen LogP contribution in [0.5, 0.6) is 5.75 Å². The van der Waals surface area contributed by atoms with Crippen molar-refractivity contribution in [3.05, 3.63) is 41.7 Å². The van der Waals surface area contributed by atoms with Gasteiger partial charge in [-0.15, -0.1) is 0 Å². The number of nitrogens with one attached hydrogen (secondary N) is 1. The third-order valence-electron chi connectivity index (χ3n) is 4.18. The average molecular weight is 407 g/mol. The first-order valence-corrected chi connectivity index (χ1v) is 10.0. The Morgan fingerprint density at radius 3 is 2.75 bits per heavy atom. The van der Waals surface area contributed by atoms with Gasteiger partial charge in [-0.25, -0.2) is 23.1 Å². The first-order valence-electron chi connectivity index (χ1n) is 8.53. The van der Waals surface area contributed by atoms with E-state index in [4.69, 9.17) is 15.2 Å². The quantitative estimate of drug-likeness (QED) is 0.649. The van der Waals surface area contributed by atoms with Gasteiger partial charge in [-0.05, 0) is 24.3 Å². The second-order valence-corrected chi connectivity index (χ2v) is 7.77. The summed E-state index contributed by atoms with van der Waals surface area (Å²) in [6.07, 6.45) is 1.58. The molecule has 11 heteroatoms. The van der Waals surface area contributed by atoms with Gasteiger partial charge < -0.3 is 20.1 Å². The van der Waals surface area contributed by atoms with Crippen molar-refractivity contribution in [3.8, 4) is 5.75 Å². The van der Waals surface area contributed by atoms with E-state index in [-0.39, 0.29) is 22.8 Å². The van der Waals surface area contributed by atoms with Crippen molar-refractivity contribution in [3.63, 3.8) is 0 Å². The molecule has 0 spiro atoms. The Labute approximate surface area is 162 Å². The number of amides is 1. The summed E-state index contributed by atoms with van der Waals surface area (Å²) in [4.78, 5) is 22.0. The molecule has 1 aliphatic heterocycles. The molecule has 1 aliphatic rings. The molecule has 0 radical (unpaired) electrons. The summed E-state index contributed by atoms with van der Waals surface area (Å²) in [6, 6.07) is 5.54. The van der Waals surface area contributed by atoms with Crippen molar-refractivity contribution in [2.45, 2.75) is 11.4 Å². The van der Waals surface area contributed by atoms with Gasteiger partial charge in [-0.1, -0.05) is 0 Å². The van der Waals surface area contributed by atoms with E-state index in [1.165, 1.54) is 25.3 Å². The lowest BCUT2D eigenvalue weighted by Crippen LogP contribution is -2.37. The summed E-state index contributed by atoms with van der Waals surface area (Å²) in [7, 11) is -2.51. The van der Waals surface area contributed by atoms with Crippen molar-refractivity contribution in [2.75, 3.05) is 38.3 Å². The summed E-state index contributed by atoms with van der Waals surface area (Å²) in [6.45, 7) is 2.52. The second-order valence-electron chi connectivity index (χ2n) is 6.00. The van der Waals surface area contributed by atoms with E-state index >= 15 is 0 Å². The smallest absolute Gasteiger partial charge is 0.252 e. The predicted molar refractivity (Wildman–Crippen MR) is 101 cm³/mol. The number of rotatable bonds is 7. The van der Waals surface area contributed by atoms with E-state index in [1.54, 1.807) is 12.3 Å². The third kappa shape index (κ3) is 4.55. The monoisotopic (exact) mass is 407 g/mol. The fraction of sp³-hybridized carbons (Fsp3) is 0.353. The molecule has 0 unspecified atom stereocenters. The number of aromatic nitrogens is 2. The van der Waals surface area contributed by atoms with Gasteiger partial charge >= 0.3 is 0 Å². The summed E-state index contributed by atoms with van der Waals surface area (Å²) in [5, 5.41) is 0. The van der Waals surface area contributed by atoms with Crippen molar-refractivity contribution >= 4 is 21.9 Å². The first kappa shape index (κ1) is 20.0. The van der Waals surface area contributed by atoms with Crippen LogP contribution in [0.2, 0.25) is 0 Å². The van der Waals surface area contributed by atoms with Crippen LogP contribution in [0.3, 0.4) is 0 Å². The molecule has 0 saturated carbocycles. The molecule has 0 aliphatic carbocycles. The number of primary amides is 1. The van der Waals surface area contributed by atoms with E-state index in [0.717, 1.165) is 0 Å². The molecule has 2 aromatic rings. The average Bonchev–Trinajstić information content (AvgIpc) is 2.72. The van der Waals surface area contributed by atoms with Gasteiger partial charge in [0, 0.05) is 19.3 Å². The number of nitrogens with zero attached hydrogens (tertiary/aromatic N) is 3. The zero-order chi connectivity index (χ0) is 20.1. The van der Waals surface area contributed by atoms with Gasteiger partial charge in [0.1, 0.15) is 5.75 Å². The van der Waals surface area contributed by atoms with Crippen LogP contribution in [0.25, 0.3) is 0 Å². The zero-order valence-electron chi connectivity index (χ0n) is 15.3. The fourth-order valence-corrected chi connectivity index (χ4v) is 3.72. The van der Waals surface area contributed by atoms with Crippen LogP contribution in [-0.4, -0.2) is 57.7 Å². The molecule has 1 fully saturated rings. The van der Waals surface area contributed by atoms with Gasteiger partial charge in [-0.2, -0.15) is 0 Å². The van der Waals surface area contributed by atoms with Crippen LogP contribution in [0.4, 0.5) is 5.95 Å².